The highest BCUT2D eigenvalue weighted by molar-refractivity contribution is 6.31. The lowest BCUT2D eigenvalue weighted by Crippen LogP contribution is -2.15. The molecule has 1 aliphatic carbocycles. The summed E-state index contributed by atoms with van der Waals surface area (Å²) in [6, 6.07) is 14.7. The number of para-hydroxylation sites is 1. The highest BCUT2D eigenvalue weighted by Gasteiger charge is 2.39. The van der Waals surface area contributed by atoms with Gasteiger partial charge in [-0.15, -0.1) is 0 Å². The summed E-state index contributed by atoms with van der Waals surface area (Å²) in [5.74, 6) is 1.90. The molecule has 3 nitrogen and oxygen atoms in total. The van der Waals surface area contributed by atoms with Gasteiger partial charge in [0.25, 0.3) is 0 Å². The summed E-state index contributed by atoms with van der Waals surface area (Å²) in [5, 5.41) is 3.48. The molecular weight excluding hydrogens is 286 g/mol. The van der Waals surface area contributed by atoms with Crippen LogP contribution in [-0.4, -0.2) is 5.91 Å². The first kappa shape index (κ1) is 14.0. The van der Waals surface area contributed by atoms with Gasteiger partial charge in [-0.3, -0.25) is 4.79 Å². The second-order valence-corrected chi connectivity index (χ2v) is 5.80. The van der Waals surface area contributed by atoms with E-state index in [4.69, 9.17) is 16.3 Å². The third kappa shape index (κ3) is 3.37. The number of hydrogen-bond acceptors (Lipinski definition) is 2. The van der Waals surface area contributed by atoms with Gasteiger partial charge < -0.3 is 10.1 Å². The third-order valence-electron chi connectivity index (χ3n) is 3.62. The van der Waals surface area contributed by atoms with Crippen molar-refractivity contribution in [3.63, 3.8) is 0 Å². The van der Waals surface area contributed by atoms with E-state index >= 15 is 0 Å². The van der Waals surface area contributed by atoms with E-state index in [9.17, 15) is 4.79 Å². The zero-order chi connectivity index (χ0) is 14.8. The first-order valence-corrected chi connectivity index (χ1v) is 7.34. The van der Waals surface area contributed by atoms with Gasteiger partial charge in [0.05, 0.1) is 5.69 Å². The Morgan fingerprint density at radius 2 is 1.95 bits per heavy atom. The zero-order valence-corrected chi connectivity index (χ0v) is 12.4. The lowest BCUT2D eigenvalue weighted by Gasteiger charge is -2.12. The topological polar surface area (TPSA) is 38.3 Å². The Morgan fingerprint density at radius 3 is 2.62 bits per heavy atom. The molecule has 2 unspecified atom stereocenters. The highest BCUT2D eigenvalue weighted by Crippen LogP contribution is 2.40. The molecule has 2 aromatic rings. The predicted octanol–water partition coefficient (Wildman–Crippen LogP) is 4.73. The van der Waals surface area contributed by atoms with Gasteiger partial charge >= 0.3 is 0 Å². The van der Waals surface area contributed by atoms with Gasteiger partial charge in [0.15, 0.2) is 5.75 Å². The molecule has 1 amide bonds. The van der Waals surface area contributed by atoms with E-state index in [0.717, 1.165) is 12.2 Å². The molecular formula is C17H16ClNO2. The van der Waals surface area contributed by atoms with Crippen molar-refractivity contribution in [1.29, 1.82) is 0 Å². The quantitative estimate of drug-likeness (QED) is 0.887. The van der Waals surface area contributed by atoms with Crippen molar-refractivity contribution in [1.82, 2.24) is 0 Å². The van der Waals surface area contributed by atoms with Crippen LogP contribution in [-0.2, 0) is 4.79 Å². The lowest BCUT2D eigenvalue weighted by atomic mass is 10.2. The van der Waals surface area contributed by atoms with Crippen molar-refractivity contribution in [3.8, 4) is 11.5 Å². The normalized spacial score (nSPS) is 19.9. The molecule has 0 saturated heterocycles. The number of ether oxygens (including phenoxy) is 1. The Balaban J connectivity index is 1.81. The molecule has 2 aromatic carbocycles. The molecule has 0 radical (unpaired) electrons. The highest BCUT2D eigenvalue weighted by atomic mass is 35.5. The fourth-order valence-electron chi connectivity index (χ4n) is 2.22. The van der Waals surface area contributed by atoms with E-state index < -0.39 is 0 Å². The van der Waals surface area contributed by atoms with E-state index in [2.05, 4.69) is 12.2 Å². The SMILES string of the molecule is CC1CC1C(=O)Nc1cc(Cl)ccc1Oc1ccccc1. The average Bonchev–Trinajstić information content (AvgIpc) is 3.20. The van der Waals surface area contributed by atoms with Crippen LogP contribution in [0.4, 0.5) is 5.69 Å². The molecule has 1 fully saturated rings. The van der Waals surface area contributed by atoms with Gasteiger partial charge in [-0.1, -0.05) is 36.7 Å². The number of anilines is 1. The van der Waals surface area contributed by atoms with Gasteiger partial charge in [-0.25, -0.2) is 0 Å². The molecule has 1 saturated carbocycles. The van der Waals surface area contributed by atoms with Crippen molar-refractivity contribution in [2.75, 3.05) is 5.32 Å². The number of hydrogen-bond donors (Lipinski definition) is 1. The van der Waals surface area contributed by atoms with Crippen LogP contribution in [0, 0.1) is 11.8 Å². The molecule has 108 valence electrons. The van der Waals surface area contributed by atoms with Gasteiger partial charge in [0.2, 0.25) is 5.91 Å². The van der Waals surface area contributed by atoms with Crippen molar-refractivity contribution >= 4 is 23.2 Å². The number of carbonyl (C=O) groups excluding carboxylic acids is 1. The Labute approximate surface area is 128 Å². The molecule has 0 aliphatic heterocycles. The Bertz CT molecular complexity index is 657. The lowest BCUT2D eigenvalue weighted by molar-refractivity contribution is -0.117. The first-order valence-electron chi connectivity index (χ1n) is 6.97. The van der Waals surface area contributed by atoms with Gasteiger partial charge in [-0.05, 0) is 42.7 Å². The minimum atomic E-state index is 0.0303. The van der Waals surface area contributed by atoms with E-state index in [1.165, 1.54) is 0 Å². The third-order valence-corrected chi connectivity index (χ3v) is 3.85. The Kier molecular flexibility index (Phi) is 3.84. The molecule has 4 heteroatoms. The van der Waals surface area contributed by atoms with Crippen LogP contribution in [0.5, 0.6) is 11.5 Å². The maximum atomic E-state index is 12.1. The fraction of sp³-hybridized carbons (Fsp3) is 0.235. The first-order chi connectivity index (χ1) is 10.1. The molecule has 0 bridgehead atoms. The maximum Gasteiger partial charge on any atom is 0.227 e. The summed E-state index contributed by atoms with van der Waals surface area (Å²) in [4.78, 5) is 12.1. The minimum Gasteiger partial charge on any atom is -0.455 e. The zero-order valence-electron chi connectivity index (χ0n) is 11.7. The monoisotopic (exact) mass is 301 g/mol. The number of halogens is 1. The predicted molar refractivity (Wildman–Crippen MR) is 83.9 cm³/mol. The van der Waals surface area contributed by atoms with Crippen LogP contribution in [0.1, 0.15) is 13.3 Å². The van der Waals surface area contributed by atoms with Crippen LogP contribution >= 0.6 is 11.6 Å². The molecule has 1 aliphatic rings. The van der Waals surface area contributed by atoms with Crippen molar-refractivity contribution in [2.45, 2.75) is 13.3 Å². The largest absolute Gasteiger partial charge is 0.455 e. The summed E-state index contributed by atoms with van der Waals surface area (Å²) in [7, 11) is 0. The van der Waals surface area contributed by atoms with Crippen LogP contribution in [0.3, 0.4) is 0 Å². The molecule has 2 atom stereocenters. The number of nitrogens with one attached hydrogen (secondary N) is 1. The summed E-state index contributed by atoms with van der Waals surface area (Å²) in [6.45, 7) is 2.07. The summed E-state index contributed by atoms with van der Waals surface area (Å²) < 4.78 is 5.82. The molecule has 0 aromatic heterocycles. The van der Waals surface area contributed by atoms with Crippen molar-refractivity contribution < 1.29 is 9.53 Å². The van der Waals surface area contributed by atoms with E-state index in [1.807, 2.05) is 30.3 Å². The van der Waals surface area contributed by atoms with E-state index in [1.54, 1.807) is 18.2 Å². The standard InChI is InChI=1S/C17H16ClNO2/c1-11-9-14(11)17(20)19-15-10-12(18)7-8-16(15)21-13-5-3-2-4-6-13/h2-8,10-11,14H,9H2,1H3,(H,19,20). The van der Waals surface area contributed by atoms with Crippen molar-refractivity contribution in [3.05, 3.63) is 53.6 Å². The van der Waals surface area contributed by atoms with Crippen LogP contribution in [0.15, 0.2) is 48.5 Å². The molecule has 0 heterocycles. The van der Waals surface area contributed by atoms with E-state index in [0.29, 0.717) is 22.4 Å². The summed E-state index contributed by atoms with van der Waals surface area (Å²) in [5.41, 5.74) is 0.607. The van der Waals surface area contributed by atoms with Gasteiger partial charge in [0.1, 0.15) is 5.75 Å². The number of rotatable bonds is 4. The maximum absolute atomic E-state index is 12.1. The Hall–Kier alpha value is -2.00. The number of benzene rings is 2. The average molecular weight is 302 g/mol. The Morgan fingerprint density at radius 1 is 1.24 bits per heavy atom. The van der Waals surface area contributed by atoms with Crippen LogP contribution < -0.4 is 10.1 Å². The molecule has 21 heavy (non-hydrogen) atoms. The fourth-order valence-corrected chi connectivity index (χ4v) is 2.39. The minimum absolute atomic E-state index is 0.0303. The van der Waals surface area contributed by atoms with Crippen LogP contribution in [0.25, 0.3) is 0 Å². The van der Waals surface area contributed by atoms with Crippen LogP contribution in [0.2, 0.25) is 5.02 Å². The molecule has 3 rings (SSSR count). The number of carbonyl (C=O) groups is 1. The summed E-state index contributed by atoms with van der Waals surface area (Å²) >= 11 is 6.02. The molecule has 1 N–H and O–H groups in total. The van der Waals surface area contributed by atoms with E-state index in [-0.39, 0.29) is 11.8 Å². The van der Waals surface area contributed by atoms with Crippen molar-refractivity contribution in [2.24, 2.45) is 11.8 Å². The van der Waals surface area contributed by atoms with Gasteiger partial charge in [0, 0.05) is 10.9 Å². The number of amides is 1. The molecule has 0 spiro atoms. The smallest absolute Gasteiger partial charge is 0.227 e. The second kappa shape index (κ2) is 5.78. The van der Waals surface area contributed by atoms with Gasteiger partial charge in [-0.2, -0.15) is 0 Å². The summed E-state index contributed by atoms with van der Waals surface area (Å²) in [6.07, 6.45) is 0.946. The second-order valence-electron chi connectivity index (χ2n) is 5.36.